The molecular formula is C17H21N3O5S. The van der Waals surface area contributed by atoms with Gasteiger partial charge in [0.15, 0.2) is 0 Å². The second-order valence-electron chi connectivity index (χ2n) is 6.36. The number of piperazine rings is 1. The summed E-state index contributed by atoms with van der Waals surface area (Å²) < 4.78 is 4.63. The predicted molar refractivity (Wildman–Crippen MR) is 97.6 cm³/mol. The third-order valence-electron chi connectivity index (χ3n) is 4.82. The van der Waals surface area contributed by atoms with Gasteiger partial charge in [0.05, 0.1) is 17.6 Å². The molecule has 0 radical (unpaired) electrons. The average molecular weight is 379 g/mol. The zero-order valence-corrected chi connectivity index (χ0v) is 15.4. The highest BCUT2D eigenvalue weighted by Crippen LogP contribution is 2.24. The molecule has 26 heavy (non-hydrogen) atoms. The molecule has 0 aromatic heterocycles. The molecule has 1 atom stereocenters. The van der Waals surface area contributed by atoms with Gasteiger partial charge in [-0.3, -0.25) is 19.8 Å². The van der Waals surface area contributed by atoms with Crippen LogP contribution in [0.5, 0.6) is 0 Å². The Morgan fingerprint density at radius 1 is 1.19 bits per heavy atom. The van der Waals surface area contributed by atoms with Gasteiger partial charge in [-0.2, -0.15) is 11.8 Å². The van der Waals surface area contributed by atoms with Crippen LogP contribution in [-0.4, -0.2) is 77.4 Å². The minimum atomic E-state index is -0.702. The Balaban J connectivity index is 1.74. The molecule has 2 heterocycles. The SMILES string of the molecule is COC(=O)c1cc(C(=O)N2CCN(C3CCSC3)CC2)cc([N+](=O)[O-])c1. The number of hydrogen-bond acceptors (Lipinski definition) is 7. The van der Waals surface area contributed by atoms with E-state index < -0.39 is 10.9 Å². The number of ether oxygens (including phenoxy) is 1. The van der Waals surface area contributed by atoms with Gasteiger partial charge in [-0.05, 0) is 18.2 Å². The van der Waals surface area contributed by atoms with E-state index in [0.717, 1.165) is 24.9 Å². The number of benzene rings is 1. The first-order chi connectivity index (χ1) is 12.5. The minimum absolute atomic E-state index is 0.00617. The number of nitro groups is 1. The lowest BCUT2D eigenvalue weighted by Crippen LogP contribution is -2.52. The molecule has 2 saturated heterocycles. The fourth-order valence-electron chi connectivity index (χ4n) is 3.36. The molecule has 2 aliphatic heterocycles. The van der Waals surface area contributed by atoms with Crippen LogP contribution in [0.25, 0.3) is 0 Å². The van der Waals surface area contributed by atoms with E-state index in [1.165, 1.54) is 31.4 Å². The van der Waals surface area contributed by atoms with Gasteiger partial charge < -0.3 is 9.64 Å². The Morgan fingerprint density at radius 2 is 1.88 bits per heavy atom. The topological polar surface area (TPSA) is 93.0 Å². The van der Waals surface area contributed by atoms with Crippen molar-refractivity contribution < 1.29 is 19.2 Å². The first kappa shape index (κ1) is 18.7. The Bertz CT molecular complexity index is 712. The number of nitro benzene ring substituents is 1. The first-order valence-electron chi connectivity index (χ1n) is 8.48. The van der Waals surface area contributed by atoms with Gasteiger partial charge in [-0.25, -0.2) is 4.79 Å². The number of non-ortho nitro benzene ring substituents is 1. The van der Waals surface area contributed by atoms with E-state index in [2.05, 4.69) is 9.64 Å². The third-order valence-corrected chi connectivity index (χ3v) is 5.97. The van der Waals surface area contributed by atoms with Crippen molar-refractivity contribution in [2.24, 2.45) is 0 Å². The number of amides is 1. The third kappa shape index (κ3) is 3.99. The molecule has 8 nitrogen and oxygen atoms in total. The molecule has 2 aliphatic rings. The van der Waals surface area contributed by atoms with Gasteiger partial charge >= 0.3 is 5.97 Å². The van der Waals surface area contributed by atoms with Gasteiger partial charge in [-0.1, -0.05) is 0 Å². The molecule has 0 saturated carbocycles. The average Bonchev–Trinajstić information content (AvgIpc) is 3.21. The molecule has 1 amide bonds. The van der Waals surface area contributed by atoms with Crippen LogP contribution in [0.1, 0.15) is 27.1 Å². The molecule has 2 fully saturated rings. The molecule has 3 rings (SSSR count). The number of thioether (sulfide) groups is 1. The van der Waals surface area contributed by atoms with Gasteiger partial charge in [0.25, 0.3) is 11.6 Å². The van der Waals surface area contributed by atoms with Crippen LogP contribution in [0.15, 0.2) is 18.2 Å². The second-order valence-corrected chi connectivity index (χ2v) is 7.51. The van der Waals surface area contributed by atoms with Crippen molar-refractivity contribution in [2.75, 3.05) is 44.8 Å². The highest BCUT2D eigenvalue weighted by molar-refractivity contribution is 7.99. The summed E-state index contributed by atoms with van der Waals surface area (Å²) in [6, 6.07) is 4.29. The molecule has 9 heteroatoms. The molecule has 1 aromatic rings. The summed E-state index contributed by atoms with van der Waals surface area (Å²) in [6.07, 6.45) is 1.19. The van der Waals surface area contributed by atoms with Crippen LogP contribution in [0, 0.1) is 10.1 Å². The number of methoxy groups -OCH3 is 1. The van der Waals surface area contributed by atoms with Crippen molar-refractivity contribution in [3.8, 4) is 0 Å². The fourth-order valence-corrected chi connectivity index (χ4v) is 4.61. The molecule has 140 valence electrons. The molecular weight excluding hydrogens is 358 g/mol. The normalized spacial score (nSPS) is 20.8. The molecule has 1 aromatic carbocycles. The molecule has 0 bridgehead atoms. The summed E-state index contributed by atoms with van der Waals surface area (Å²) in [5.41, 5.74) is -0.144. The summed E-state index contributed by atoms with van der Waals surface area (Å²) in [5.74, 6) is 1.33. The number of esters is 1. The Hall–Kier alpha value is -2.13. The van der Waals surface area contributed by atoms with Crippen LogP contribution < -0.4 is 0 Å². The van der Waals surface area contributed by atoms with Crippen molar-refractivity contribution >= 4 is 29.3 Å². The van der Waals surface area contributed by atoms with E-state index in [1.54, 1.807) is 4.90 Å². The number of carbonyl (C=O) groups is 2. The number of carbonyl (C=O) groups excluding carboxylic acids is 2. The Morgan fingerprint density at radius 3 is 2.46 bits per heavy atom. The van der Waals surface area contributed by atoms with Crippen molar-refractivity contribution in [3.05, 3.63) is 39.4 Å². The van der Waals surface area contributed by atoms with Crippen LogP contribution in [0.2, 0.25) is 0 Å². The monoisotopic (exact) mass is 379 g/mol. The zero-order chi connectivity index (χ0) is 18.7. The van der Waals surface area contributed by atoms with Crippen molar-refractivity contribution in [3.63, 3.8) is 0 Å². The number of nitrogens with zero attached hydrogens (tertiary/aromatic N) is 3. The second kappa shape index (κ2) is 8.05. The van der Waals surface area contributed by atoms with E-state index >= 15 is 0 Å². The summed E-state index contributed by atoms with van der Waals surface area (Å²) in [5, 5.41) is 11.1. The lowest BCUT2D eigenvalue weighted by Gasteiger charge is -2.37. The summed E-state index contributed by atoms with van der Waals surface area (Å²) in [7, 11) is 1.20. The predicted octanol–water partition coefficient (Wildman–Crippen LogP) is 1.64. The highest BCUT2D eigenvalue weighted by atomic mass is 32.2. The van der Waals surface area contributed by atoms with Crippen LogP contribution in [0.3, 0.4) is 0 Å². The van der Waals surface area contributed by atoms with E-state index in [4.69, 9.17) is 0 Å². The fraction of sp³-hybridized carbons (Fsp3) is 0.529. The van der Waals surface area contributed by atoms with Gasteiger partial charge in [0.1, 0.15) is 0 Å². The summed E-state index contributed by atoms with van der Waals surface area (Å²) in [6.45, 7) is 2.76. The molecule has 1 unspecified atom stereocenters. The largest absolute Gasteiger partial charge is 0.465 e. The molecule has 0 aliphatic carbocycles. The van der Waals surface area contributed by atoms with Crippen LogP contribution >= 0.6 is 11.8 Å². The Kier molecular flexibility index (Phi) is 5.77. The van der Waals surface area contributed by atoms with E-state index in [-0.39, 0.29) is 22.7 Å². The standard InChI is InChI=1S/C17H21N3O5S/c1-25-17(22)13-8-12(9-15(10-13)20(23)24)16(21)19-5-3-18(4-6-19)14-2-7-26-11-14/h8-10,14H,2-7,11H2,1H3. The quantitative estimate of drug-likeness (QED) is 0.446. The minimum Gasteiger partial charge on any atom is -0.465 e. The zero-order valence-electron chi connectivity index (χ0n) is 14.6. The van der Waals surface area contributed by atoms with Crippen LogP contribution in [0.4, 0.5) is 5.69 Å². The number of rotatable bonds is 4. The summed E-state index contributed by atoms with van der Waals surface area (Å²) >= 11 is 1.96. The summed E-state index contributed by atoms with van der Waals surface area (Å²) in [4.78, 5) is 39.2. The van der Waals surface area contributed by atoms with E-state index in [0.29, 0.717) is 19.1 Å². The number of hydrogen-bond donors (Lipinski definition) is 0. The van der Waals surface area contributed by atoms with E-state index in [1.807, 2.05) is 11.8 Å². The maximum atomic E-state index is 12.8. The lowest BCUT2D eigenvalue weighted by atomic mass is 10.1. The van der Waals surface area contributed by atoms with Crippen molar-refractivity contribution in [2.45, 2.75) is 12.5 Å². The Labute approximate surface area is 155 Å². The van der Waals surface area contributed by atoms with Crippen LogP contribution in [-0.2, 0) is 4.74 Å². The van der Waals surface area contributed by atoms with Gasteiger partial charge in [0, 0.05) is 55.7 Å². The van der Waals surface area contributed by atoms with E-state index in [9.17, 15) is 19.7 Å². The van der Waals surface area contributed by atoms with Gasteiger partial charge in [0.2, 0.25) is 0 Å². The first-order valence-corrected chi connectivity index (χ1v) is 9.64. The maximum absolute atomic E-state index is 12.8. The van der Waals surface area contributed by atoms with Gasteiger partial charge in [-0.15, -0.1) is 0 Å². The van der Waals surface area contributed by atoms with Crippen molar-refractivity contribution in [1.82, 2.24) is 9.80 Å². The smallest absolute Gasteiger partial charge is 0.338 e. The highest BCUT2D eigenvalue weighted by Gasteiger charge is 2.29. The maximum Gasteiger partial charge on any atom is 0.338 e. The van der Waals surface area contributed by atoms with Crippen molar-refractivity contribution in [1.29, 1.82) is 0 Å². The lowest BCUT2D eigenvalue weighted by molar-refractivity contribution is -0.384. The molecule has 0 N–H and O–H groups in total. The molecule has 0 spiro atoms.